The molecule has 1 aromatic heterocycles. The molecule has 0 aliphatic rings. The van der Waals surface area contributed by atoms with Crippen molar-refractivity contribution in [3.05, 3.63) is 82.3 Å². The minimum absolute atomic E-state index is 0.374. The van der Waals surface area contributed by atoms with Gasteiger partial charge in [-0.15, -0.1) is 0 Å². The van der Waals surface area contributed by atoms with E-state index in [1.807, 2.05) is 30.3 Å². The van der Waals surface area contributed by atoms with E-state index in [9.17, 15) is 14.4 Å². The Balaban J connectivity index is 1.91. The number of amides is 2. The summed E-state index contributed by atoms with van der Waals surface area (Å²) < 4.78 is 10.0. The highest BCUT2D eigenvalue weighted by molar-refractivity contribution is 5.85. The summed E-state index contributed by atoms with van der Waals surface area (Å²) in [5.74, 6) is 0. The number of alkyl carbamates (subject to hydrolysis) is 1. The second kappa shape index (κ2) is 10.7. The Morgan fingerprint density at radius 3 is 2.32 bits per heavy atom. The number of benzene rings is 2. The van der Waals surface area contributed by atoms with Gasteiger partial charge in [-0.3, -0.25) is 10.1 Å². The maximum Gasteiger partial charge on any atom is 0.411 e. The Bertz CT molecular complexity index is 1180. The van der Waals surface area contributed by atoms with Crippen LogP contribution in [-0.2, 0) is 15.9 Å². The zero-order chi connectivity index (χ0) is 24.7. The van der Waals surface area contributed by atoms with Crippen LogP contribution in [0.1, 0.15) is 38.1 Å². The van der Waals surface area contributed by atoms with Crippen LogP contribution < -0.4 is 16.2 Å². The number of nitrogens with one attached hydrogen (secondary N) is 3. The number of rotatable bonds is 6. The molecule has 9 heteroatoms. The predicted molar refractivity (Wildman–Crippen MR) is 129 cm³/mol. The molecule has 0 unspecified atom stereocenters. The Morgan fingerprint density at radius 1 is 1.03 bits per heavy atom. The Kier molecular flexibility index (Phi) is 7.68. The molecule has 1 heterocycles. The first-order valence-corrected chi connectivity index (χ1v) is 10.7. The molecule has 0 bridgehead atoms. The lowest BCUT2D eigenvalue weighted by Crippen LogP contribution is -2.36. The van der Waals surface area contributed by atoms with Crippen molar-refractivity contribution < 1.29 is 19.1 Å². The van der Waals surface area contributed by atoms with Gasteiger partial charge in [0.2, 0.25) is 0 Å². The van der Waals surface area contributed by atoms with Gasteiger partial charge in [0.05, 0.1) is 24.4 Å². The van der Waals surface area contributed by atoms with Crippen LogP contribution in [0.25, 0.3) is 11.1 Å². The molecule has 0 saturated heterocycles. The molecule has 0 radical (unpaired) electrons. The number of hydrogen-bond acceptors (Lipinski definition) is 6. The van der Waals surface area contributed by atoms with E-state index < -0.39 is 23.8 Å². The van der Waals surface area contributed by atoms with Crippen molar-refractivity contribution >= 4 is 17.9 Å². The van der Waals surface area contributed by atoms with Gasteiger partial charge < -0.3 is 14.8 Å². The predicted octanol–water partition coefficient (Wildman–Crippen LogP) is 4.42. The summed E-state index contributed by atoms with van der Waals surface area (Å²) in [5.41, 5.74) is 1.93. The van der Waals surface area contributed by atoms with Gasteiger partial charge in [-0.25, -0.2) is 14.7 Å². The zero-order valence-corrected chi connectivity index (χ0v) is 19.5. The van der Waals surface area contributed by atoms with Crippen molar-refractivity contribution in [3.8, 4) is 11.1 Å². The average molecular weight is 465 g/mol. The molecule has 3 aromatic rings. The molecule has 2 amide bonds. The van der Waals surface area contributed by atoms with E-state index in [2.05, 4.69) is 25.6 Å². The quantitative estimate of drug-likeness (QED) is 0.496. The summed E-state index contributed by atoms with van der Waals surface area (Å²) in [6, 6.07) is 17.4. The number of ether oxygens (including phenoxy) is 2. The molecule has 0 aliphatic heterocycles. The first-order valence-electron chi connectivity index (χ1n) is 10.7. The van der Waals surface area contributed by atoms with E-state index in [1.165, 1.54) is 7.11 Å². The van der Waals surface area contributed by atoms with Crippen LogP contribution in [0.2, 0.25) is 0 Å². The van der Waals surface area contributed by atoms with Gasteiger partial charge in [-0.05, 0) is 56.5 Å². The molecule has 9 nitrogen and oxygen atoms in total. The van der Waals surface area contributed by atoms with Gasteiger partial charge in [0, 0.05) is 5.69 Å². The van der Waals surface area contributed by atoms with E-state index in [4.69, 9.17) is 4.74 Å². The fourth-order valence-electron chi connectivity index (χ4n) is 3.25. The van der Waals surface area contributed by atoms with Crippen LogP contribution in [0.15, 0.2) is 65.5 Å². The van der Waals surface area contributed by atoms with Crippen LogP contribution in [0, 0.1) is 0 Å². The number of carbonyl (C=O) groups excluding carboxylic acids is 2. The van der Waals surface area contributed by atoms with E-state index in [0.717, 1.165) is 5.56 Å². The van der Waals surface area contributed by atoms with Crippen LogP contribution >= 0.6 is 0 Å². The van der Waals surface area contributed by atoms with E-state index in [1.54, 1.807) is 51.1 Å². The lowest BCUT2D eigenvalue weighted by molar-refractivity contribution is 0.0502. The standard InChI is InChI=1S/C25H28N4O5/c1-25(2,3)34-24(32)27-20(14-16-8-6-5-7-9-16)21-15-19(22(30)29-28-21)17-10-12-18(13-11-17)26-23(31)33-4/h5-13,15,20H,14H2,1-4H3,(H,26,31)(H,27,32)(H,29,30)/t20-/m0/s1. The molecule has 34 heavy (non-hydrogen) atoms. The molecule has 0 saturated carbocycles. The number of hydrogen-bond donors (Lipinski definition) is 3. The third-order valence-electron chi connectivity index (χ3n) is 4.78. The van der Waals surface area contributed by atoms with Crippen molar-refractivity contribution in [3.63, 3.8) is 0 Å². The topological polar surface area (TPSA) is 122 Å². The molecule has 0 aliphatic carbocycles. The Morgan fingerprint density at radius 2 is 1.71 bits per heavy atom. The highest BCUT2D eigenvalue weighted by atomic mass is 16.6. The number of carbonyl (C=O) groups is 2. The Labute approximate surface area is 197 Å². The lowest BCUT2D eigenvalue weighted by Gasteiger charge is -2.23. The molecular weight excluding hydrogens is 436 g/mol. The summed E-state index contributed by atoms with van der Waals surface area (Å²) >= 11 is 0. The second-order valence-electron chi connectivity index (χ2n) is 8.62. The molecule has 1 atom stereocenters. The first kappa shape index (κ1) is 24.5. The first-order chi connectivity index (χ1) is 16.1. The fourth-order valence-corrected chi connectivity index (χ4v) is 3.25. The van der Waals surface area contributed by atoms with Crippen molar-refractivity contribution in [2.45, 2.75) is 38.8 Å². The monoisotopic (exact) mass is 464 g/mol. The lowest BCUT2D eigenvalue weighted by atomic mass is 10.0. The molecule has 3 rings (SSSR count). The number of methoxy groups -OCH3 is 1. The van der Waals surface area contributed by atoms with Gasteiger partial charge in [0.15, 0.2) is 0 Å². The molecule has 3 N–H and O–H groups in total. The third kappa shape index (κ3) is 6.93. The van der Waals surface area contributed by atoms with Crippen molar-refractivity contribution in [1.29, 1.82) is 0 Å². The fraction of sp³-hybridized carbons (Fsp3) is 0.280. The highest BCUT2D eigenvalue weighted by Gasteiger charge is 2.23. The Hall–Kier alpha value is -4.14. The molecule has 178 valence electrons. The van der Waals surface area contributed by atoms with Gasteiger partial charge >= 0.3 is 12.2 Å². The summed E-state index contributed by atoms with van der Waals surface area (Å²) in [7, 11) is 1.28. The van der Waals surface area contributed by atoms with E-state index >= 15 is 0 Å². The maximum absolute atomic E-state index is 12.6. The summed E-state index contributed by atoms with van der Waals surface area (Å²) in [6.07, 6.45) is -0.726. The van der Waals surface area contributed by atoms with E-state index in [-0.39, 0.29) is 5.56 Å². The minimum atomic E-state index is -0.662. The summed E-state index contributed by atoms with van der Waals surface area (Å²) in [5, 5.41) is 12.1. The number of anilines is 1. The zero-order valence-electron chi connectivity index (χ0n) is 19.5. The van der Waals surface area contributed by atoms with Crippen LogP contribution in [0.4, 0.5) is 15.3 Å². The molecular formula is C25H28N4O5. The van der Waals surface area contributed by atoms with Crippen molar-refractivity contribution in [2.24, 2.45) is 0 Å². The molecule has 0 fully saturated rings. The van der Waals surface area contributed by atoms with Crippen molar-refractivity contribution in [2.75, 3.05) is 12.4 Å². The third-order valence-corrected chi connectivity index (χ3v) is 4.78. The van der Waals surface area contributed by atoms with E-state index in [0.29, 0.717) is 28.9 Å². The van der Waals surface area contributed by atoms with Crippen LogP contribution in [0.3, 0.4) is 0 Å². The largest absolute Gasteiger partial charge is 0.453 e. The van der Waals surface area contributed by atoms with Gasteiger partial charge in [0.25, 0.3) is 5.56 Å². The van der Waals surface area contributed by atoms with Gasteiger partial charge in [0.1, 0.15) is 5.60 Å². The van der Waals surface area contributed by atoms with Gasteiger partial charge in [-0.2, -0.15) is 5.10 Å². The molecule has 2 aromatic carbocycles. The average Bonchev–Trinajstić information content (AvgIpc) is 2.79. The highest BCUT2D eigenvalue weighted by Crippen LogP contribution is 2.23. The summed E-state index contributed by atoms with van der Waals surface area (Å²) in [6.45, 7) is 5.36. The summed E-state index contributed by atoms with van der Waals surface area (Å²) in [4.78, 5) is 36.5. The van der Waals surface area contributed by atoms with Crippen LogP contribution in [0.5, 0.6) is 0 Å². The number of aromatic amines is 1. The second-order valence-corrected chi connectivity index (χ2v) is 8.62. The number of nitrogens with zero attached hydrogens (tertiary/aromatic N) is 1. The SMILES string of the molecule is COC(=O)Nc1ccc(-c2cc([C@H](Cc3ccccc3)NC(=O)OC(C)(C)C)n[nH]c2=O)cc1. The smallest absolute Gasteiger partial charge is 0.411 e. The van der Waals surface area contributed by atoms with Gasteiger partial charge in [-0.1, -0.05) is 42.5 Å². The van der Waals surface area contributed by atoms with Crippen LogP contribution in [-0.4, -0.2) is 35.1 Å². The molecule has 0 spiro atoms. The van der Waals surface area contributed by atoms with Crippen molar-refractivity contribution in [1.82, 2.24) is 15.5 Å². The number of H-pyrrole nitrogens is 1. The normalized spacial score (nSPS) is 11.9. The number of aromatic nitrogens is 2. The maximum atomic E-state index is 12.6. The minimum Gasteiger partial charge on any atom is -0.453 e.